The van der Waals surface area contributed by atoms with Gasteiger partial charge in [0.15, 0.2) is 0 Å². The van der Waals surface area contributed by atoms with E-state index in [2.05, 4.69) is 51.7 Å². The van der Waals surface area contributed by atoms with Crippen LogP contribution in [0.2, 0.25) is 0 Å². The molecular weight excluding hydrogens is 310 g/mol. The first kappa shape index (κ1) is 20.7. The lowest BCUT2D eigenvalue weighted by Gasteiger charge is -2.36. The van der Waals surface area contributed by atoms with Gasteiger partial charge in [-0.1, -0.05) is 32.6 Å². The lowest BCUT2D eigenvalue weighted by Crippen LogP contribution is -2.44. The van der Waals surface area contributed by atoms with Crippen molar-refractivity contribution in [3.05, 3.63) is 24.3 Å². The molecule has 2 bridgehead atoms. The molecule has 0 spiro atoms. The number of nitrogens with one attached hydrogen (secondary N) is 1. The Kier molecular flexibility index (Phi) is 7.72. The van der Waals surface area contributed by atoms with Gasteiger partial charge in [0.05, 0.1) is 11.7 Å². The van der Waals surface area contributed by atoms with Gasteiger partial charge in [-0.25, -0.2) is 0 Å². The second-order valence-electron chi connectivity index (χ2n) is 8.95. The van der Waals surface area contributed by atoms with E-state index in [1.54, 1.807) is 7.11 Å². The maximum absolute atomic E-state index is 6.17. The summed E-state index contributed by atoms with van der Waals surface area (Å²) in [7, 11) is 1.74. The van der Waals surface area contributed by atoms with E-state index in [1.807, 2.05) is 0 Å². The number of ether oxygens (including phenoxy) is 2. The highest BCUT2D eigenvalue weighted by molar-refractivity contribution is 5.19. The van der Waals surface area contributed by atoms with Gasteiger partial charge in [0.1, 0.15) is 0 Å². The molecule has 144 valence electrons. The van der Waals surface area contributed by atoms with Crippen LogP contribution in [0.3, 0.4) is 0 Å². The SMILES string of the molecule is C=C(/C=C\C(C)(C)OC)CNC1C2CCC1CC(OCCC(C)C)C2. The van der Waals surface area contributed by atoms with Crippen LogP contribution in [-0.2, 0) is 9.47 Å². The molecule has 0 aromatic carbocycles. The van der Waals surface area contributed by atoms with Crippen LogP contribution in [0.15, 0.2) is 24.3 Å². The minimum Gasteiger partial charge on any atom is -0.378 e. The molecule has 2 atom stereocenters. The fourth-order valence-electron chi connectivity index (χ4n) is 4.11. The summed E-state index contributed by atoms with van der Waals surface area (Å²) in [6, 6.07) is 0.644. The molecule has 0 radical (unpaired) electrons. The van der Waals surface area contributed by atoms with E-state index < -0.39 is 0 Å². The van der Waals surface area contributed by atoms with E-state index in [0.717, 1.165) is 36.5 Å². The normalized spacial score (nSPS) is 29.7. The van der Waals surface area contributed by atoms with Gasteiger partial charge in [-0.3, -0.25) is 0 Å². The Bertz CT molecular complexity index is 441. The van der Waals surface area contributed by atoms with Crippen LogP contribution in [0.1, 0.15) is 59.8 Å². The highest BCUT2D eigenvalue weighted by Gasteiger charge is 2.42. The molecule has 2 fully saturated rings. The van der Waals surface area contributed by atoms with Crippen LogP contribution < -0.4 is 5.32 Å². The average Bonchev–Trinajstić information content (AvgIpc) is 2.79. The Hall–Kier alpha value is -0.640. The predicted octanol–water partition coefficient (Wildman–Crippen LogP) is 4.73. The van der Waals surface area contributed by atoms with Crippen LogP contribution >= 0.6 is 0 Å². The van der Waals surface area contributed by atoms with Crippen LogP contribution in [0.25, 0.3) is 0 Å². The van der Waals surface area contributed by atoms with Crippen molar-refractivity contribution in [1.29, 1.82) is 0 Å². The molecule has 2 aliphatic carbocycles. The van der Waals surface area contributed by atoms with Gasteiger partial charge in [-0.2, -0.15) is 0 Å². The largest absolute Gasteiger partial charge is 0.378 e. The third-order valence-electron chi connectivity index (χ3n) is 5.92. The van der Waals surface area contributed by atoms with Crippen molar-refractivity contribution in [2.24, 2.45) is 17.8 Å². The molecule has 2 unspecified atom stereocenters. The van der Waals surface area contributed by atoms with Gasteiger partial charge in [-0.05, 0) is 69.3 Å². The first-order valence-corrected chi connectivity index (χ1v) is 10.1. The van der Waals surface area contributed by atoms with Gasteiger partial charge in [0.2, 0.25) is 0 Å². The first-order valence-electron chi connectivity index (χ1n) is 10.1. The fourth-order valence-corrected chi connectivity index (χ4v) is 4.11. The van der Waals surface area contributed by atoms with Crippen molar-refractivity contribution >= 4 is 0 Å². The third kappa shape index (κ3) is 6.54. The second-order valence-corrected chi connectivity index (χ2v) is 8.95. The zero-order valence-electron chi connectivity index (χ0n) is 17.0. The molecule has 3 nitrogen and oxygen atoms in total. The van der Waals surface area contributed by atoms with Gasteiger partial charge in [-0.15, -0.1) is 0 Å². The summed E-state index contributed by atoms with van der Waals surface area (Å²) in [6.45, 7) is 14.6. The van der Waals surface area contributed by atoms with E-state index >= 15 is 0 Å². The molecule has 2 saturated carbocycles. The third-order valence-corrected chi connectivity index (χ3v) is 5.92. The van der Waals surface area contributed by atoms with Crippen LogP contribution in [0.5, 0.6) is 0 Å². The molecule has 0 saturated heterocycles. The van der Waals surface area contributed by atoms with Gasteiger partial charge < -0.3 is 14.8 Å². The molecule has 0 aromatic heterocycles. The second kappa shape index (κ2) is 9.34. The van der Waals surface area contributed by atoms with E-state index in [-0.39, 0.29) is 5.60 Å². The maximum Gasteiger partial charge on any atom is 0.0805 e. The van der Waals surface area contributed by atoms with E-state index in [4.69, 9.17) is 9.47 Å². The minimum atomic E-state index is -0.229. The molecule has 0 aliphatic heterocycles. The quantitative estimate of drug-likeness (QED) is 0.578. The number of fused-ring (bicyclic) bond motifs is 2. The predicted molar refractivity (Wildman–Crippen MR) is 106 cm³/mol. The zero-order chi connectivity index (χ0) is 18.4. The number of hydrogen-bond donors (Lipinski definition) is 1. The van der Waals surface area contributed by atoms with Crippen molar-refractivity contribution in [2.45, 2.75) is 77.5 Å². The summed E-state index contributed by atoms with van der Waals surface area (Å²) in [6.07, 6.45) is 11.0. The first-order chi connectivity index (χ1) is 11.8. The van der Waals surface area contributed by atoms with Gasteiger partial charge in [0, 0.05) is 26.3 Å². The molecule has 2 rings (SSSR count). The monoisotopic (exact) mass is 349 g/mol. The van der Waals surface area contributed by atoms with Crippen molar-refractivity contribution in [2.75, 3.05) is 20.3 Å². The van der Waals surface area contributed by atoms with Crippen LogP contribution in [0, 0.1) is 17.8 Å². The molecule has 0 aromatic rings. The molecule has 0 heterocycles. The lowest BCUT2D eigenvalue weighted by atomic mass is 9.82. The molecule has 1 N–H and O–H groups in total. The Balaban J connectivity index is 1.75. The molecule has 2 aliphatic rings. The Morgan fingerprint density at radius 1 is 1.24 bits per heavy atom. The Morgan fingerprint density at radius 3 is 2.44 bits per heavy atom. The molecule has 25 heavy (non-hydrogen) atoms. The van der Waals surface area contributed by atoms with Gasteiger partial charge in [0.25, 0.3) is 0 Å². The highest BCUT2D eigenvalue weighted by Crippen LogP contribution is 2.43. The minimum absolute atomic E-state index is 0.229. The summed E-state index contributed by atoms with van der Waals surface area (Å²) in [5.74, 6) is 2.28. The van der Waals surface area contributed by atoms with E-state index in [0.29, 0.717) is 12.1 Å². The van der Waals surface area contributed by atoms with Crippen molar-refractivity contribution in [3.8, 4) is 0 Å². The smallest absolute Gasteiger partial charge is 0.0805 e. The maximum atomic E-state index is 6.17. The summed E-state index contributed by atoms with van der Waals surface area (Å²) >= 11 is 0. The summed E-state index contributed by atoms with van der Waals surface area (Å²) in [5.41, 5.74) is 0.896. The topological polar surface area (TPSA) is 30.5 Å². The van der Waals surface area contributed by atoms with Crippen molar-refractivity contribution in [1.82, 2.24) is 5.32 Å². The standard InChI is InChI=1S/C22H39NO2/c1-16(2)10-12-25-20-13-18-7-8-19(14-20)21(18)23-15-17(3)9-11-22(4,5)24-6/h9,11,16,18-21,23H,3,7-8,10,12-15H2,1-2,4-6H3/b11-9-. The van der Waals surface area contributed by atoms with Crippen LogP contribution in [-0.4, -0.2) is 38.0 Å². The average molecular weight is 350 g/mol. The highest BCUT2D eigenvalue weighted by atomic mass is 16.5. The fraction of sp³-hybridized carbons (Fsp3) is 0.818. The van der Waals surface area contributed by atoms with E-state index in [9.17, 15) is 0 Å². The number of methoxy groups -OCH3 is 1. The summed E-state index contributed by atoms with van der Waals surface area (Å²) in [5, 5.41) is 3.79. The molecule has 3 heteroatoms. The van der Waals surface area contributed by atoms with Gasteiger partial charge >= 0.3 is 0 Å². The van der Waals surface area contributed by atoms with Crippen molar-refractivity contribution < 1.29 is 9.47 Å². The molecule has 0 amide bonds. The van der Waals surface area contributed by atoms with Crippen molar-refractivity contribution in [3.63, 3.8) is 0 Å². The summed E-state index contributed by atoms with van der Waals surface area (Å²) < 4.78 is 11.6. The summed E-state index contributed by atoms with van der Waals surface area (Å²) in [4.78, 5) is 0. The zero-order valence-corrected chi connectivity index (χ0v) is 17.0. The Labute approximate surface area is 155 Å². The number of hydrogen-bond acceptors (Lipinski definition) is 3. The molecular formula is C22H39NO2. The van der Waals surface area contributed by atoms with Crippen LogP contribution in [0.4, 0.5) is 0 Å². The number of rotatable bonds is 10. The van der Waals surface area contributed by atoms with E-state index in [1.165, 1.54) is 32.1 Å². The lowest BCUT2D eigenvalue weighted by molar-refractivity contribution is -0.00414. The Morgan fingerprint density at radius 2 is 1.88 bits per heavy atom.